The van der Waals surface area contributed by atoms with E-state index in [1.54, 1.807) is 7.05 Å². The number of nitrogens with zero attached hydrogens (tertiary/aromatic N) is 1. The number of halogens is 1. The number of hydrogen-bond acceptors (Lipinski definition) is 3. The molecular weight excluding hydrogens is 306 g/mol. The van der Waals surface area contributed by atoms with E-state index in [2.05, 4.69) is 15.9 Å². The summed E-state index contributed by atoms with van der Waals surface area (Å²) in [5.74, 6) is 0.0104. The third kappa shape index (κ3) is 4.75. The van der Waals surface area contributed by atoms with Gasteiger partial charge in [0.25, 0.3) is 0 Å². The van der Waals surface area contributed by atoms with Crippen LogP contribution in [0.4, 0.5) is 0 Å². The third-order valence-electron chi connectivity index (χ3n) is 2.34. The number of ether oxygens (including phenoxy) is 1. The van der Waals surface area contributed by atoms with Crippen molar-refractivity contribution in [1.82, 2.24) is 4.31 Å². The van der Waals surface area contributed by atoms with Crippen LogP contribution in [0, 0.1) is 0 Å². The molecule has 1 aromatic rings. The molecule has 0 fully saturated rings. The van der Waals surface area contributed by atoms with Crippen LogP contribution in [0.5, 0.6) is 0 Å². The maximum absolute atomic E-state index is 11.8. The van der Waals surface area contributed by atoms with Crippen molar-refractivity contribution < 1.29 is 13.2 Å². The van der Waals surface area contributed by atoms with Crippen LogP contribution in [0.2, 0.25) is 0 Å². The fourth-order valence-electron chi connectivity index (χ4n) is 1.29. The molecular formula is C11H16BrNO3S. The van der Waals surface area contributed by atoms with Crippen LogP contribution in [0.25, 0.3) is 0 Å². The van der Waals surface area contributed by atoms with E-state index in [1.807, 2.05) is 24.3 Å². The van der Waals surface area contributed by atoms with Crippen molar-refractivity contribution >= 4 is 26.0 Å². The lowest BCUT2D eigenvalue weighted by molar-refractivity contribution is 0.215. The first-order valence-corrected chi connectivity index (χ1v) is 7.53. The first kappa shape index (κ1) is 14.6. The van der Waals surface area contributed by atoms with Crippen molar-refractivity contribution in [2.45, 2.75) is 6.54 Å². The van der Waals surface area contributed by atoms with Gasteiger partial charge in [-0.2, -0.15) is 0 Å². The van der Waals surface area contributed by atoms with Gasteiger partial charge in [0.2, 0.25) is 10.0 Å². The molecule has 0 aromatic heterocycles. The fourth-order valence-corrected chi connectivity index (χ4v) is 2.59. The topological polar surface area (TPSA) is 46.6 Å². The standard InChI is InChI=1S/C11H16BrNO3S/c1-13(17(14,15)8-7-16-2)9-10-3-5-11(12)6-4-10/h3-6H,7-9H2,1-2H3. The molecule has 0 atom stereocenters. The molecule has 0 aliphatic heterocycles. The van der Waals surface area contributed by atoms with Gasteiger partial charge in [-0.05, 0) is 17.7 Å². The molecule has 0 amide bonds. The highest BCUT2D eigenvalue weighted by Gasteiger charge is 2.17. The van der Waals surface area contributed by atoms with Gasteiger partial charge in [-0.25, -0.2) is 12.7 Å². The van der Waals surface area contributed by atoms with E-state index in [1.165, 1.54) is 11.4 Å². The van der Waals surface area contributed by atoms with Crippen LogP contribution < -0.4 is 0 Å². The minimum absolute atomic E-state index is 0.0104. The maximum atomic E-state index is 11.8. The van der Waals surface area contributed by atoms with Gasteiger partial charge in [0.05, 0.1) is 12.4 Å². The quantitative estimate of drug-likeness (QED) is 0.803. The Balaban J connectivity index is 2.65. The Kier molecular flexibility index (Phi) is 5.58. The minimum Gasteiger partial charge on any atom is -0.384 e. The molecule has 6 heteroatoms. The molecule has 1 aromatic carbocycles. The summed E-state index contributed by atoms with van der Waals surface area (Å²) < 4.78 is 30.7. The lowest BCUT2D eigenvalue weighted by atomic mass is 10.2. The van der Waals surface area contributed by atoms with Crippen molar-refractivity contribution in [3.8, 4) is 0 Å². The van der Waals surface area contributed by atoms with Gasteiger partial charge in [0.1, 0.15) is 0 Å². The molecule has 1 rings (SSSR count). The SMILES string of the molecule is COCCS(=O)(=O)N(C)Cc1ccc(Br)cc1. The summed E-state index contributed by atoms with van der Waals surface area (Å²) in [6, 6.07) is 7.58. The van der Waals surface area contributed by atoms with Crippen LogP contribution in [-0.2, 0) is 21.3 Å². The summed E-state index contributed by atoms with van der Waals surface area (Å²) in [6.07, 6.45) is 0. The van der Waals surface area contributed by atoms with Gasteiger partial charge < -0.3 is 4.74 Å². The van der Waals surface area contributed by atoms with Crippen molar-refractivity contribution in [2.24, 2.45) is 0 Å². The zero-order valence-electron chi connectivity index (χ0n) is 9.89. The lowest BCUT2D eigenvalue weighted by Gasteiger charge is -2.16. The molecule has 0 unspecified atom stereocenters. The monoisotopic (exact) mass is 321 g/mol. The summed E-state index contributed by atoms with van der Waals surface area (Å²) in [7, 11) is -0.167. The van der Waals surface area contributed by atoms with E-state index in [4.69, 9.17) is 4.74 Å². The third-order valence-corrected chi connectivity index (χ3v) is 4.63. The molecule has 0 saturated carbocycles. The first-order chi connectivity index (χ1) is 7.95. The number of rotatable bonds is 6. The normalized spacial score (nSPS) is 12.0. The van der Waals surface area contributed by atoms with Crippen LogP contribution >= 0.6 is 15.9 Å². The van der Waals surface area contributed by atoms with Crippen LogP contribution in [0.15, 0.2) is 28.7 Å². The minimum atomic E-state index is -3.23. The van der Waals surface area contributed by atoms with Crippen LogP contribution in [0.1, 0.15) is 5.56 Å². The smallest absolute Gasteiger partial charge is 0.216 e. The number of hydrogen-bond donors (Lipinski definition) is 0. The van der Waals surface area contributed by atoms with Gasteiger partial charge in [-0.1, -0.05) is 28.1 Å². The number of benzene rings is 1. The highest BCUT2D eigenvalue weighted by Crippen LogP contribution is 2.13. The van der Waals surface area contributed by atoms with E-state index >= 15 is 0 Å². The van der Waals surface area contributed by atoms with E-state index < -0.39 is 10.0 Å². The highest BCUT2D eigenvalue weighted by molar-refractivity contribution is 9.10. The Morgan fingerprint density at radius 1 is 1.29 bits per heavy atom. The lowest BCUT2D eigenvalue weighted by Crippen LogP contribution is -2.30. The zero-order chi connectivity index (χ0) is 12.9. The summed E-state index contributed by atoms with van der Waals surface area (Å²) >= 11 is 3.34. The molecule has 0 aliphatic rings. The van der Waals surface area contributed by atoms with Crippen molar-refractivity contribution in [3.05, 3.63) is 34.3 Å². The second kappa shape index (κ2) is 6.49. The summed E-state index contributed by atoms with van der Waals surface area (Å²) in [5, 5.41) is 0. The summed E-state index contributed by atoms with van der Waals surface area (Å²) in [5.41, 5.74) is 0.955. The van der Waals surface area contributed by atoms with E-state index in [9.17, 15) is 8.42 Å². The molecule has 0 bridgehead atoms. The highest BCUT2D eigenvalue weighted by atomic mass is 79.9. The predicted octanol–water partition coefficient (Wildman–Crippen LogP) is 1.86. The Morgan fingerprint density at radius 3 is 2.41 bits per heavy atom. The van der Waals surface area contributed by atoms with E-state index in [0.717, 1.165) is 10.0 Å². The second-order valence-electron chi connectivity index (χ2n) is 3.69. The van der Waals surface area contributed by atoms with Gasteiger partial charge in [-0.3, -0.25) is 0 Å². The van der Waals surface area contributed by atoms with Gasteiger partial charge in [0, 0.05) is 25.2 Å². The molecule has 96 valence electrons. The largest absolute Gasteiger partial charge is 0.384 e. The molecule has 0 N–H and O–H groups in total. The molecule has 0 saturated heterocycles. The molecule has 0 heterocycles. The summed E-state index contributed by atoms with van der Waals surface area (Å²) in [4.78, 5) is 0. The van der Waals surface area contributed by atoms with Crippen molar-refractivity contribution in [1.29, 1.82) is 0 Å². The van der Waals surface area contributed by atoms with E-state index in [0.29, 0.717) is 6.54 Å². The predicted molar refractivity (Wildman–Crippen MR) is 71.3 cm³/mol. The first-order valence-electron chi connectivity index (χ1n) is 5.13. The Labute approximate surface area is 111 Å². The Bertz CT molecular complexity index is 444. The second-order valence-corrected chi connectivity index (χ2v) is 6.80. The average molecular weight is 322 g/mol. The number of methoxy groups -OCH3 is 1. The summed E-state index contributed by atoms with van der Waals surface area (Å²) in [6.45, 7) is 0.590. The Morgan fingerprint density at radius 2 is 1.88 bits per heavy atom. The molecule has 0 spiro atoms. The van der Waals surface area contributed by atoms with Crippen LogP contribution in [0.3, 0.4) is 0 Å². The van der Waals surface area contributed by atoms with Gasteiger partial charge in [-0.15, -0.1) is 0 Å². The van der Waals surface area contributed by atoms with Crippen LogP contribution in [-0.4, -0.2) is 39.2 Å². The van der Waals surface area contributed by atoms with Gasteiger partial charge in [0.15, 0.2) is 0 Å². The Hall–Kier alpha value is -0.430. The van der Waals surface area contributed by atoms with Crippen molar-refractivity contribution in [2.75, 3.05) is 26.5 Å². The molecule has 0 radical (unpaired) electrons. The average Bonchev–Trinajstić information content (AvgIpc) is 2.29. The molecule has 17 heavy (non-hydrogen) atoms. The number of sulfonamides is 1. The molecule has 0 aliphatic carbocycles. The van der Waals surface area contributed by atoms with E-state index in [-0.39, 0.29) is 12.4 Å². The maximum Gasteiger partial charge on any atom is 0.216 e. The molecule has 4 nitrogen and oxygen atoms in total. The van der Waals surface area contributed by atoms with Gasteiger partial charge >= 0.3 is 0 Å². The zero-order valence-corrected chi connectivity index (χ0v) is 12.3. The fraction of sp³-hybridized carbons (Fsp3) is 0.455. The van der Waals surface area contributed by atoms with Crippen molar-refractivity contribution in [3.63, 3.8) is 0 Å².